The maximum atomic E-state index is 14.9. The van der Waals surface area contributed by atoms with Crippen LogP contribution in [0.2, 0.25) is 0 Å². The normalized spacial score (nSPS) is 22.5. The molecule has 0 radical (unpaired) electrons. The highest BCUT2D eigenvalue weighted by Crippen LogP contribution is 2.78. The molecule has 9 nitrogen and oxygen atoms in total. The number of alkyl halides is 3. The first kappa shape index (κ1) is 24.8. The van der Waals surface area contributed by atoms with Crippen molar-refractivity contribution < 1.29 is 31.7 Å². The van der Waals surface area contributed by atoms with Gasteiger partial charge in [-0.05, 0) is 44.7 Å². The van der Waals surface area contributed by atoms with E-state index in [1.807, 2.05) is 13.8 Å². The van der Waals surface area contributed by atoms with Gasteiger partial charge in [-0.15, -0.1) is 0 Å². The molecule has 0 unspecified atom stereocenters. The number of nitrogens with one attached hydrogen (secondary N) is 1. The molecule has 3 aliphatic rings. The van der Waals surface area contributed by atoms with Gasteiger partial charge in [0.2, 0.25) is 11.8 Å². The zero-order valence-electron chi connectivity index (χ0n) is 19.9. The van der Waals surface area contributed by atoms with E-state index >= 15 is 0 Å². The predicted octanol–water partition coefficient (Wildman–Crippen LogP) is 4.10. The molecule has 2 aromatic heterocycles. The number of primary amides is 1. The molecule has 13 heteroatoms. The van der Waals surface area contributed by atoms with E-state index in [2.05, 4.69) is 15.6 Å². The highest BCUT2D eigenvalue weighted by molar-refractivity contribution is 6.03. The summed E-state index contributed by atoms with van der Waals surface area (Å²) in [6.45, 7) is 3.62. The lowest BCUT2D eigenvalue weighted by molar-refractivity contribution is -0.338. The van der Waals surface area contributed by atoms with E-state index in [0.29, 0.717) is 5.69 Å². The quantitative estimate of drug-likeness (QED) is 0.401. The molecule has 3 saturated carbocycles. The zero-order chi connectivity index (χ0) is 26.9. The van der Waals surface area contributed by atoms with Crippen LogP contribution in [0.5, 0.6) is 0 Å². The molecule has 3 aliphatic carbocycles. The van der Waals surface area contributed by atoms with Crippen molar-refractivity contribution >= 4 is 23.5 Å². The summed E-state index contributed by atoms with van der Waals surface area (Å²) >= 11 is 0. The lowest BCUT2D eigenvalue weighted by Gasteiger charge is -2.69. The standard InChI is InChI=1S/C24H24F4N6O3/c1-11(2)34-20(29)18(21(30)36)19(32-34)13-4-3-12(14(25)5-13)6-16(35)31-17-7-15(33-37-17)22-8-23(9-22,10-22)24(26,27)28/h3-5,7,11H,6,8-10,29H2,1-2H3,(H2,30,36)(H,31,35). The third-order valence-corrected chi connectivity index (χ3v) is 7.31. The molecular weight excluding hydrogens is 496 g/mol. The first-order chi connectivity index (χ1) is 17.3. The minimum absolute atomic E-state index is 0.0235. The number of hydrogen-bond donors (Lipinski definition) is 3. The third-order valence-electron chi connectivity index (χ3n) is 7.31. The molecule has 196 valence electrons. The monoisotopic (exact) mass is 520 g/mol. The number of halogens is 4. The summed E-state index contributed by atoms with van der Waals surface area (Å²) in [6.07, 6.45) is -4.72. The van der Waals surface area contributed by atoms with Crippen molar-refractivity contribution in [3.63, 3.8) is 0 Å². The predicted molar refractivity (Wildman–Crippen MR) is 124 cm³/mol. The van der Waals surface area contributed by atoms with Crippen molar-refractivity contribution in [2.24, 2.45) is 11.1 Å². The summed E-state index contributed by atoms with van der Waals surface area (Å²) < 4.78 is 60.7. The largest absolute Gasteiger partial charge is 0.394 e. The molecule has 1 aromatic carbocycles. The number of benzene rings is 1. The summed E-state index contributed by atoms with van der Waals surface area (Å²) in [4.78, 5) is 24.4. The minimum Gasteiger partial charge on any atom is -0.383 e. The van der Waals surface area contributed by atoms with Gasteiger partial charge >= 0.3 is 6.18 Å². The summed E-state index contributed by atoms with van der Waals surface area (Å²) in [5.74, 6) is -2.08. The van der Waals surface area contributed by atoms with Crippen LogP contribution in [0.25, 0.3) is 11.3 Å². The van der Waals surface area contributed by atoms with Gasteiger partial charge in [0.25, 0.3) is 5.91 Å². The van der Waals surface area contributed by atoms with Crippen molar-refractivity contribution in [1.82, 2.24) is 14.9 Å². The van der Waals surface area contributed by atoms with Crippen LogP contribution in [-0.4, -0.2) is 32.9 Å². The Morgan fingerprint density at radius 3 is 2.46 bits per heavy atom. The van der Waals surface area contributed by atoms with Crippen LogP contribution >= 0.6 is 0 Å². The highest BCUT2D eigenvalue weighted by atomic mass is 19.4. The molecule has 5 N–H and O–H groups in total. The Kier molecular flexibility index (Phi) is 5.39. The van der Waals surface area contributed by atoms with Crippen LogP contribution in [0.1, 0.15) is 60.8 Å². The Labute approximate surface area is 208 Å². The van der Waals surface area contributed by atoms with Crippen molar-refractivity contribution in [2.75, 3.05) is 11.1 Å². The number of hydrogen-bond acceptors (Lipinski definition) is 6. The fourth-order valence-electron chi connectivity index (χ4n) is 5.42. The number of aromatic nitrogens is 3. The van der Waals surface area contributed by atoms with E-state index < -0.39 is 34.6 Å². The first-order valence-electron chi connectivity index (χ1n) is 11.6. The number of rotatable bonds is 7. The number of amides is 2. The molecule has 0 aliphatic heterocycles. The van der Waals surface area contributed by atoms with Gasteiger partial charge in [0.1, 0.15) is 22.9 Å². The fourth-order valence-corrected chi connectivity index (χ4v) is 5.42. The molecule has 37 heavy (non-hydrogen) atoms. The number of nitrogen functional groups attached to an aromatic ring is 1. The Morgan fingerprint density at radius 1 is 1.22 bits per heavy atom. The summed E-state index contributed by atoms with van der Waals surface area (Å²) in [7, 11) is 0. The van der Waals surface area contributed by atoms with Crippen LogP contribution in [-0.2, 0) is 16.6 Å². The molecule has 0 atom stereocenters. The van der Waals surface area contributed by atoms with Crippen LogP contribution in [0.4, 0.5) is 29.3 Å². The Hall–Kier alpha value is -3.90. The molecule has 2 heterocycles. The lowest BCUT2D eigenvalue weighted by Crippen LogP contribution is -2.70. The van der Waals surface area contributed by atoms with E-state index in [1.54, 1.807) is 0 Å². The van der Waals surface area contributed by atoms with Crippen LogP contribution in [0, 0.1) is 11.2 Å². The van der Waals surface area contributed by atoms with Gasteiger partial charge in [0.15, 0.2) is 0 Å². The average Bonchev–Trinajstić information content (AvgIpc) is 3.30. The van der Waals surface area contributed by atoms with Crippen LogP contribution < -0.4 is 16.8 Å². The second kappa shape index (κ2) is 8.05. The molecule has 2 amide bonds. The van der Waals surface area contributed by atoms with Crippen molar-refractivity contribution in [3.05, 3.63) is 46.9 Å². The van der Waals surface area contributed by atoms with E-state index in [4.69, 9.17) is 16.0 Å². The SMILES string of the molecule is CC(C)n1nc(-c2ccc(CC(=O)Nc3cc(C45CC(C(F)(F)F)(C4)C5)no3)c(F)c2)c(C(N)=O)c1N. The van der Waals surface area contributed by atoms with Crippen LogP contribution in [0.3, 0.4) is 0 Å². The maximum absolute atomic E-state index is 14.9. The van der Waals surface area contributed by atoms with E-state index in [0.717, 1.165) is 6.07 Å². The van der Waals surface area contributed by atoms with Gasteiger partial charge in [0, 0.05) is 23.1 Å². The molecule has 6 rings (SSSR count). The molecule has 0 spiro atoms. The number of carbonyl (C=O) groups excluding carboxylic acids is 2. The van der Waals surface area contributed by atoms with Gasteiger partial charge < -0.3 is 16.0 Å². The topological polar surface area (TPSA) is 142 Å². The number of anilines is 2. The molecule has 2 bridgehead atoms. The van der Waals surface area contributed by atoms with Gasteiger partial charge in [-0.25, -0.2) is 9.07 Å². The maximum Gasteiger partial charge on any atom is 0.394 e. The van der Waals surface area contributed by atoms with Gasteiger partial charge in [-0.1, -0.05) is 17.3 Å². The Balaban J connectivity index is 1.27. The highest BCUT2D eigenvalue weighted by Gasteiger charge is 2.79. The fraction of sp³-hybridized carbons (Fsp3) is 0.417. The molecule has 3 aromatic rings. The van der Waals surface area contributed by atoms with E-state index in [9.17, 15) is 27.2 Å². The summed E-state index contributed by atoms with van der Waals surface area (Å²) in [5.41, 5.74) is 9.97. The smallest absolute Gasteiger partial charge is 0.383 e. The Morgan fingerprint density at radius 2 is 1.89 bits per heavy atom. The van der Waals surface area contributed by atoms with Gasteiger partial charge in [-0.2, -0.15) is 18.3 Å². The Bertz CT molecular complexity index is 1400. The minimum atomic E-state index is -4.24. The lowest BCUT2D eigenvalue weighted by atomic mass is 9.34. The summed E-state index contributed by atoms with van der Waals surface area (Å²) in [6, 6.07) is 5.25. The second-order valence-corrected chi connectivity index (χ2v) is 10.2. The molecule has 0 saturated heterocycles. The number of carbonyl (C=O) groups is 2. The van der Waals surface area contributed by atoms with Crippen molar-refractivity contribution in [3.8, 4) is 11.3 Å². The number of nitrogens with zero attached hydrogens (tertiary/aromatic N) is 3. The number of nitrogens with two attached hydrogens (primary N) is 2. The van der Waals surface area contributed by atoms with E-state index in [1.165, 1.54) is 22.9 Å². The van der Waals surface area contributed by atoms with Crippen molar-refractivity contribution in [2.45, 2.75) is 57.2 Å². The second-order valence-electron chi connectivity index (χ2n) is 10.2. The van der Waals surface area contributed by atoms with Gasteiger partial charge in [0.05, 0.1) is 17.5 Å². The van der Waals surface area contributed by atoms with Crippen LogP contribution in [0.15, 0.2) is 28.8 Å². The van der Waals surface area contributed by atoms with Crippen molar-refractivity contribution in [1.29, 1.82) is 0 Å². The van der Waals surface area contributed by atoms with Gasteiger partial charge in [-0.3, -0.25) is 14.9 Å². The molecule has 3 fully saturated rings. The van der Waals surface area contributed by atoms with E-state index in [-0.39, 0.29) is 65.8 Å². The average molecular weight is 520 g/mol. The zero-order valence-corrected chi connectivity index (χ0v) is 19.9. The third kappa shape index (κ3) is 3.83. The summed E-state index contributed by atoms with van der Waals surface area (Å²) in [5, 5.41) is 10.6. The molecular formula is C24H24F4N6O3. The first-order valence-corrected chi connectivity index (χ1v) is 11.6.